The fourth-order valence-corrected chi connectivity index (χ4v) is 3.15. The lowest BCUT2D eigenvalue weighted by atomic mass is 9.98. The second-order valence-electron chi connectivity index (χ2n) is 7.19. The highest BCUT2D eigenvalue weighted by Gasteiger charge is 2.38. The quantitative estimate of drug-likeness (QED) is 0.565. The van der Waals surface area contributed by atoms with Gasteiger partial charge in [-0.05, 0) is 24.3 Å². The molecule has 12 heteroatoms. The summed E-state index contributed by atoms with van der Waals surface area (Å²) in [6.07, 6.45) is -4.46. The van der Waals surface area contributed by atoms with Crippen LogP contribution < -0.4 is 15.8 Å². The van der Waals surface area contributed by atoms with Crippen molar-refractivity contribution in [3.05, 3.63) is 65.5 Å². The van der Waals surface area contributed by atoms with Crippen molar-refractivity contribution >= 4 is 29.5 Å². The highest BCUT2D eigenvalue weighted by Crippen LogP contribution is 2.25. The molecule has 1 heterocycles. The number of anilines is 1. The van der Waals surface area contributed by atoms with Crippen molar-refractivity contribution in [1.82, 2.24) is 15.8 Å². The third-order valence-electron chi connectivity index (χ3n) is 4.98. The maximum atomic E-state index is 14.7. The minimum absolute atomic E-state index is 0.0312. The first-order chi connectivity index (χ1) is 15.7. The molecule has 4 amide bonds. The van der Waals surface area contributed by atoms with Crippen LogP contribution >= 0.6 is 0 Å². The number of hydrazine groups is 1. The number of benzene rings is 2. The van der Waals surface area contributed by atoms with E-state index in [0.29, 0.717) is 5.69 Å². The number of hydrogen-bond acceptors (Lipinski definition) is 4. The number of halogens is 3. The summed E-state index contributed by atoms with van der Waals surface area (Å²) in [6.45, 7) is -0.130. The second kappa shape index (κ2) is 10.0. The summed E-state index contributed by atoms with van der Waals surface area (Å²) in [4.78, 5) is 49.2. The van der Waals surface area contributed by atoms with Gasteiger partial charge in [0.2, 0.25) is 5.91 Å². The predicted octanol–water partition coefficient (Wildman–Crippen LogP) is 1.99. The van der Waals surface area contributed by atoms with Crippen LogP contribution in [-0.4, -0.2) is 53.3 Å². The number of nitrogens with zero attached hydrogens (tertiary/aromatic N) is 2. The first kappa shape index (κ1) is 23.6. The minimum atomic E-state index is -3.33. The van der Waals surface area contributed by atoms with Gasteiger partial charge in [-0.3, -0.25) is 25.2 Å². The van der Waals surface area contributed by atoms with Gasteiger partial charge >= 0.3 is 18.4 Å². The number of likely N-dealkylation sites (tertiary alicyclic amines) is 1. The number of carbonyl (C=O) groups is 4. The Hall–Kier alpha value is -4.09. The molecule has 2 aromatic carbocycles. The minimum Gasteiger partial charge on any atom is -0.465 e. The van der Waals surface area contributed by atoms with Gasteiger partial charge in [-0.15, -0.1) is 0 Å². The maximum Gasteiger partial charge on any atom is 0.407 e. The van der Waals surface area contributed by atoms with Crippen LogP contribution in [0.25, 0.3) is 0 Å². The first-order valence-corrected chi connectivity index (χ1v) is 9.68. The number of para-hydroxylation sites is 1. The van der Waals surface area contributed by atoms with E-state index in [2.05, 4.69) is 0 Å². The summed E-state index contributed by atoms with van der Waals surface area (Å²) in [6, 6.07) is 11.7. The first-order valence-electron chi connectivity index (χ1n) is 9.68. The fraction of sp³-hybridized carbons (Fsp3) is 0.238. The lowest BCUT2D eigenvalue weighted by molar-refractivity contribution is -0.132. The van der Waals surface area contributed by atoms with Gasteiger partial charge in [0.25, 0.3) is 5.91 Å². The molecule has 0 radical (unpaired) electrons. The molecular formula is C21H19F3N4O5. The van der Waals surface area contributed by atoms with Crippen molar-refractivity contribution < 1.29 is 37.5 Å². The number of rotatable bonds is 6. The molecule has 1 fully saturated rings. The standard InChI is InChI=1S/C21H19F3N4O5/c22-16-8-12(18(29)25-26-19(30)17(23)24)6-7-13(16)11-28(15-4-2-1-3-5-15)20(31)14-9-27(10-14)21(32)33/h1-8,14,17H,9-11H2,(H,25,29)(H,26,30)(H,32,33). The zero-order chi connectivity index (χ0) is 24.1. The molecule has 0 atom stereocenters. The topological polar surface area (TPSA) is 119 Å². The Morgan fingerprint density at radius 1 is 1.06 bits per heavy atom. The predicted molar refractivity (Wildman–Crippen MR) is 109 cm³/mol. The van der Waals surface area contributed by atoms with E-state index in [1.165, 1.54) is 22.5 Å². The Bertz CT molecular complexity index is 1060. The third-order valence-corrected chi connectivity index (χ3v) is 4.98. The average Bonchev–Trinajstić information content (AvgIpc) is 2.75. The normalized spacial score (nSPS) is 13.3. The molecule has 9 nitrogen and oxygen atoms in total. The number of carbonyl (C=O) groups excluding carboxylic acids is 3. The van der Waals surface area contributed by atoms with Crippen LogP contribution in [-0.2, 0) is 16.1 Å². The van der Waals surface area contributed by atoms with E-state index in [4.69, 9.17) is 5.11 Å². The van der Waals surface area contributed by atoms with Gasteiger partial charge in [0, 0.05) is 29.9 Å². The largest absolute Gasteiger partial charge is 0.465 e. The average molecular weight is 464 g/mol. The third kappa shape index (κ3) is 5.59. The van der Waals surface area contributed by atoms with E-state index in [9.17, 15) is 32.3 Å². The van der Waals surface area contributed by atoms with Crippen LogP contribution in [0.4, 0.5) is 23.7 Å². The zero-order valence-electron chi connectivity index (χ0n) is 17.0. The monoisotopic (exact) mass is 464 g/mol. The van der Waals surface area contributed by atoms with Crippen molar-refractivity contribution in [3.8, 4) is 0 Å². The molecular weight excluding hydrogens is 445 g/mol. The summed E-state index contributed by atoms with van der Waals surface area (Å²) in [7, 11) is 0. The maximum absolute atomic E-state index is 14.7. The lowest BCUT2D eigenvalue weighted by Crippen LogP contribution is -2.56. The Kier molecular flexibility index (Phi) is 7.16. The van der Waals surface area contributed by atoms with Crippen LogP contribution in [0.15, 0.2) is 48.5 Å². The second-order valence-corrected chi connectivity index (χ2v) is 7.19. The Balaban J connectivity index is 1.75. The number of amides is 4. The van der Waals surface area contributed by atoms with Crippen molar-refractivity contribution in [1.29, 1.82) is 0 Å². The van der Waals surface area contributed by atoms with Gasteiger partial charge in [-0.2, -0.15) is 8.78 Å². The number of carboxylic acid groups (broad SMARTS) is 1. The number of alkyl halides is 2. The van der Waals surface area contributed by atoms with Crippen molar-refractivity contribution in [2.45, 2.75) is 13.0 Å². The van der Waals surface area contributed by atoms with Crippen LogP contribution in [0.5, 0.6) is 0 Å². The molecule has 174 valence electrons. The van der Waals surface area contributed by atoms with E-state index >= 15 is 0 Å². The van der Waals surface area contributed by atoms with Gasteiger partial charge < -0.3 is 14.9 Å². The Morgan fingerprint density at radius 2 is 1.73 bits per heavy atom. The van der Waals surface area contributed by atoms with Crippen LogP contribution in [0, 0.1) is 11.7 Å². The highest BCUT2D eigenvalue weighted by molar-refractivity contribution is 5.97. The van der Waals surface area contributed by atoms with E-state index in [1.54, 1.807) is 35.8 Å². The lowest BCUT2D eigenvalue weighted by Gasteiger charge is -2.38. The number of nitrogens with one attached hydrogen (secondary N) is 2. The van der Waals surface area contributed by atoms with Gasteiger partial charge in [0.05, 0.1) is 12.5 Å². The van der Waals surface area contributed by atoms with Crippen LogP contribution in [0.3, 0.4) is 0 Å². The summed E-state index contributed by atoms with van der Waals surface area (Å²) < 4.78 is 39.1. The summed E-state index contributed by atoms with van der Waals surface area (Å²) in [5, 5.41) is 8.99. The summed E-state index contributed by atoms with van der Waals surface area (Å²) >= 11 is 0. The Labute approximate surface area is 185 Å². The molecule has 3 rings (SSSR count). The van der Waals surface area contributed by atoms with Gasteiger partial charge in [-0.25, -0.2) is 9.18 Å². The molecule has 1 aliphatic rings. The molecule has 2 aromatic rings. The molecule has 0 unspecified atom stereocenters. The fourth-order valence-electron chi connectivity index (χ4n) is 3.15. The molecule has 0 aromatic heterocycles. The molecule has 1 saturated heterocycles. The SMILES string of the molecule is O=C(NNC(=O)C(F)F)c1ccc(CN(C(=O)C2CN(C(=O)O)C2)c2ccccc2)c(F)c1. The molecule has 0 saturated carbocycles. The van der Waals surface area contributed by atoms with Gasteiger partial charge in [0.1, 0.15) is 5.82 Å². The van der Waals surface area contributed by atoms with Crippen molar-refractivity contribution in [2.24, 2.45) is 5.92 Å². The Morgan fingerprint density at radius 3 is 2.30 bits per heavy atom. The zero-order valence-corrected chi connectivity index (χ0v) is 17.0. The summed E-state index contributed by atoms with van der Waals surface area (Å²) in [5.74, 6) is -4.51. The highest BCUT2D eigenvalue weighted by atomic mass is 19.3. The molecule has 3 N–H and O–H groups in total. The van der Waals surface area contributed by atoms with Crippen molar-refractivity contribution in [2.75, 3.05) is 18.0 Å². The molecule has 0 aliphatic carbocycles. The smallest absolute Gasteiger partial charge is 0.407 e. The number of hydrogen-bond donors (Lipinski definition) is 3. The van der Waals surface area contributed by atoms with E-state index in [1.807, 2.05) is 0 Å². The summed E-state index contributed by atoms with van der Waals surface area (Å²) in [5.41, 5.74) is 3.57. The van der Waals surface area contributed by atoms with Crippen LogP contribution in [0.2, 0.25) is 0 Å². The van der Waals surface area contributed by atoms with Crippen LogP contribution in [0.1, 0.15) is 15.9 Å². The van der Waals surface area contributed by atoms with E-state index < -0.39 is 36.1 Å². The van der Waals surface area contributed by atoms with E-state index in [0.717, 1.165) is 11.0 Å². The van der Waals surface area contributed by atoms with Crippen molar-refractivity contribution in [3.63, 3.8) is 0 Å². The molecule has 33 heavy (non-hydrogen) atoms. The van der Waals surface area contributed by atoms with E-state index in [-0.39, 0.29) is 36.7 Å². The molecule has 1 aliphatic heterocycles. The molecule has 0 bridgehead atoms. The van der Waals surface area contributed by atoms with Gasteiger partial charge in [-0.1, -0.05) is 24.3 Å². The van der Waals surface area contributed by atoms with Gasteiger partial charge in [0.15, 0.2) is 0 Å². The molecule has 0 spiro atoms.